The van der Waals surface area contributed by atoms with E-state index in [4.69, 9.17) is 9.47 Å². The highest BCUT2D eigenvalue weighted by Crippen LogP contribution is 2.12. The van der Waals surface area contributed by atoms with Gasteiger partial charge in [-0.25, -0.2) is 14.0 Å². The normalized spacial score (nSPS) is 10.9. The van der Waals surface area contributed by atoms with Gasteiger partial charge in [0.05, 0.1) is 0 Å². The van der Waals surface area contributed by atoms with Crippen LogP contribution in [0.25, 0.3) is 0 Å². The molecule has 0 unspecified atom stereocenters. The molecule has 150 valence electrons. The maximum absolute atomic E-state index is 14.0. The number of alkyl carbamates (subject to hydrolysis) is 2. The summed E-state index contributed by atoms with van der Waals surface area (Å²) in [6.07, 6.45) is -1.19. The minimum atomic E-state index is -0.638. The Morgan fingerprint density at radius 2 is 1.61 bits per heavy atom. The minimum Gasteiger partial charge on any atom is -0.445 e. The second-order valence-electron chi connectivity index (χ2n) is 7.20. The summed E-state index contributed by atoms with van der Waals surface area (Å²) in [4.78, 5) is 23.5. The van der Waals surface area contributed by atoms with Crippen molar-refractivity contribution in [2.45, 2.75) is 46.1 Å². The minimum absolute atomic E-state index is 0.0280. The van der Waals surface area contributed by atoms with E-state index in [9.17, 15) is 14.0 Å². The number of carbonyl (C=O) groups excluding carboxylic acids is 2. The van der Waals surface area contributed by atoms with Gasteiger partial charge >= 0.3 is 12.2 Å². The molecule has 0 aliphatic carbocycles. The average Bonchev–Trinajstić information content (AvgIpc) is 2.64. The molecule has 28 heavy (non-hydrogen) atoms. The van der Waals surface area contributed by atoms with Gasteiger partial charge in [-0.15, -0.1) is 0 Å². The molecule has 0 saturated carbocycles. The van der Waals surface area contributed by atoms with Crippen molar-refractivity contribution >= 4 is 12.2 Å². The predicted molar refractivity (Wildman–Crippen MR) is 103 cm³/mol. The smallest absolute Gasteiger partial charge is 0.407 e. The van der Waals surface area contributed by atoms with Crippen molar-refractivity contribution in [1.29, 1.82) is 0 Å². The van der Waals surface area contributed by atoms with E-state index < -0.39 is 23.6 Å². The Kier molecular flexibility index (Phi) is 7.37. The van der Waals surface area contributed by atoms with Crippen LogP contribution >= 0.6 is 0 Å². The van der Waals surface area contributed by atoms with Crippen LogP contribution in [0.4, 0.5) is 14.0 Å². The van der Waals surface area contributed by atoms with Crippen molar-refractivity contribution < 1.29 is 23.5 Å². The Bertz CT molecular complexity index is 804. The summed E-state index contributed by atoms with van der Waals surface area (Å²) in [6.45, 7) is 5.59. The molecular weight excluding hydrogens is 363 g/mol. The first kappa shape index (κ1) is 21.2. The summed E-state index contributed by atoms with van der Waals surface area (Å²) in [5, 5.41) is 5.13. The van der Waals surface area contributed by atoms with E-state index >= 15 is 0 Å². The van der Waals surface area contributed by atoms with Crippen LogP contribution in [-0.4, -0.2) is 17.8 Å². The van der Waals surface area contributed by atoms with E-state index in [0.717, 1.165) is 5.56 Å². The number of carbonyl (C=O) groups is 2. The number of rotatable bonds is 6. The third-order valence-corrected chi connectivity index (χ3v) is 3.58. The maximum atomic E-state index is 14.0. The Morgan fingerprint density at radius 1 is 0.929 bits per heavy atom. The van der Waals surface area contributed by atoms with Crippen molar-refractivity contribution in [2.75, 3.05) is 0 Å². The Hall–Kier alpha value is -3.09. The lowest BCUT2D eigenvalue weighted by molar-refractivity contribution is 0.0523. The van der Waals surface area contributed by atoms with Crippen molar-refractivity contribution in [3.05, 3.63) is 71.0 Å². The fourth-order valence-electron chi connectivity index (χ4n) is 2.30. The van der Waals surface area contributed by atoms with Gasteiger partial charge < -0.3 is 20.1 Å². The van der Waals surface area contributed by atoms with Crippen molar-refractivity contribution in [3.63, 3.8) is 0 Å². The van der Waals surface area contributed by atoms with Crippen LogP contribution in [0, 0.1) is 5.82 Å². The summed E-state index contributed by atoms with van der Waals surface area (Å²) < 4.78 is 24.2. The fourth-order valence-corrected chi connectivity index (χ4v) is 2.30. The summed E-state index contributed by atoms with van der Waals surface area (Å²) in [5.41, 5.74) is 1.24. The largest absolute Gasteiger partial charge is 0.445 e. The molecule has 2 aromatic carbocycles. The molecular formula is C21H25FN2O4. The number of hydrogen-bond donors (Lipinski definition) is 2. The molecule has 0 aliphatic heterocycles. The topological polar surface area (TPSA) is 76.7 Å². The lowest BCUT2D eigenvalue weighted by Crippen LogP contribution is -2.32. The quantitative estimate of drug-likeness (QED) is 0.775. The van der Waals surface area contributed by atoms with E-state index in [1.54, 1.807) is 32.9 Å². The van der Waals surface area contributed by atoms with Gasteiger partial charge in [-0.3, -0.25) is 0 Å². The molecule has 2 N–H and O–H groups in total. The first-order chi connectivity index (χ1) is 13.2. The zero-order chi connectivity index (χ0) is 20.6. The van der Waals surface area contributed by atoms with Crippen LogP contribution < -0.4 is 10.6 Å². The number of ether oxygens (including phenoxy) is 2. The summed E-state index contributed by atoms with van der Waals surface area (Å²) in [5.74, 6) is -0.454. The van der Waals surface area contributed by atoms with Crippen molar-refractivity contribution in [2.24, 2.45) is 0 Å². The van der Waals surface area contributed by atoms with Crippen LogP contribution in [0.2, 0.25) is 0 Å². The standard InChI is InChI=1S/C21H25FN2O4/c1-21(2,3)28-20(26)23-12-16-9-10-18(22)17(11-16)13-24-19(25)27-14-15-7-5-4-6-8-15/h4-11H,12-14H2,1-3H3,(H,23,26)(H,24,25). The predicted octanol–water partition coefficient (Wildman–Crippen LogP) is 4.28. The third-order valence-electron chi connectivity index (χ3n) is 3.58. The first-order valence-corrected chi connectivity index (χ1v) is 8.91. The monoisotopic (exact) mass is 388 g/mol. The highest BCUT2D eigenvalue weighted by Gasteiger charge is 2.16. The number of benzene rings is 2. The number of nitrogens with one attached hydrogen (secondary N) is 2. The molecule has 0 atom stereocenters. The Labute approximate surface area is 164 Å². The summed E-state index contributed by atoms with van der Waals surface area (Å²) >= 11 is 0. The average molecular weight is 388 g/mol. The number of amides is 2. The number of halogens is 1. The van der Waals surface area contributed by atoms with Crippen LogP contribution in [0.3, 0.4) is 0 Å². The van der Waals surface area contributed by atoms with Crippen molar-refractivity contribution in [3.8, 4) is 0 Å². The van der Waals surface area contributed by atoms with Crippen LogP contribution in [-0.2, 0) is 29.2 Å². The molecule has 0 bridgehead atoms. The molecule has 0 saturated heterocycles. The molecule has 0 radical (unpaired) electrons. The molecule has 2 rings (SSSR count). The maximum Gasteiger partial charge on any atom is 0.407 e. The molecule has 0 spiro atoms. The van der Waals surface area contributed by atoms with E-state index in [-0.39, 0.29) is 19.7 Å². The highest BCUT2D eigenvalue weighted by atomic mass is 19.1. The lowest BCUT2D eigenvalue weighted by Gasteiger charge is -2.19. The highest BCUT2D eigenvalue weighted by molar-refractivity contribution is 5.68. The molecule has 0 heterocycles. The van der Waals surface area contributed by atoms with Gasteiger partial charge in [-0.05, 0) is 44.0 Å². The van der Waals surface area contributed by atoms with E-state index in [2.05, 4.69) is 10.6 Å². The molecule has 2 amide bonds. The van der Waals surface area contributed by atoms with Crippen LogP contribution in [0.1, 0.15) is 37.5 Å². The zero-order valence-electron chi connectivity index (χ0n) is 16.3. The molecule has 0 aliphatic rings. The van der Waals surface area contributed by atoms with E-state index in [1.807, 2.05) is 30.3 Å². The second kappa shape index (κ2) is 9.73. The molecule has 0 aromatic heterocycles. The van der Waals surface area contributed by atoms with E-state index in [0.29, 0.717) is 11.1 Å². The van der Waals surface area contributed by atoms with E-state index in [1.165, 1.54) is 6.07 Å². The van der Waals surface area contributed by atoms with Gasteiger partial charge in [-0.2, -0.15) is 0 Å². The fraction of sp³-hybridized carbons (Fsp3) is 0.333. The first-order valence-electron chi connectivity index (χ1n) is 8.91. The Morgan fingerprint density at radius 3 is 2.29 bits per heavy atom. The molecule has 0 fully saturated rings. The Balaban J connectivity index is 1.83. The summed E-state index contributed by atoms with van der Waals surface area (Å²) in [6, 6.07) is 13.7. The van der Waals surface area contributed by atoms with Gasteiger partial charge in [-0.1, -0.05) is 36.4 Å². The molecule has 7 heteroatoms. The zero-order valence-corrected chi connectivity index (χ0v) is 16.3. The second-order valence-corrected chi connectivity index (χ2v) is 7.20. The molecule has 6 nitrogen and oxygen atoms in total. The third kappa shape index (κ3) is 7.65. The van der Waals surface area contributed by atoms with Gasteiger partial charge in [0.15, 0.2) is 0 Å². The van der Waals surface area contributed by atoms with Crippen molar-refractivity contribution in [1.82, 2.24) is 10.6 Å². The van der Waals surface area contributed by atoms with Crippen LogP contribution in [0.15, 0.2) is 48.5 Å². The van der Waals surface area contributed by atoms with Gasteiger partial charge in [0.2, 0.25) is 0 Å². The molecule has 2 aromatic rings. The lowest BCUT2D eigenvalue weighted by atomic mass is 10.1. The van der Waals surface area contributed by atoms with Gasteiger partial charge in [0.25, 0.3) is 0 Å². The van der Waals surface area contributed by atoms with Gasteiger partial charge in [0, 0.05) is 18.7 Å². The van der Waals surface area contributed by atoms with Gasteiger partial charge in [0.1, 0.15) is 18.0 Å². The van der Waals surface area contributed by atoms with Crippen LogP contribution in [0.5, 0.6) is 0 Å². The SMILES string of the molecule is CC(C)(C)OC(=O)NCc1ccc(F)c(CNC(=O)OCc2ccccc2)c1. The summed E-state index contributed by atoms with van der Waals surface area (Å²) in [7, 11) is 0. The number of hydrogen-bond acceptors (Lipinski definition) is 4.